The number of benzene rings is 1. The lowest BCUT2D eigenvalue weighted by Gasteiger charge is -1.98. The predicted molar refractivity (Wildman–Crippen MR) is 58.6 cm³/mol. The maximum atomic E-state index is 11.1. The fourth-order valence-corrected chi connectivity index (χ4v) is 1.47. The van der Waals surface area contributed by atoms with Crippen LogP contribution in [0.15, 0.2) is 36.7 Å². The summed E-state index contributed by atoms with van der Waals surface area (Å²) >= 11 is 0. The van der Waals surface area contributed by atoms with Crippen molar-refractivity contribution in [2.45, 2.75) is 6.92 Å². The number of hydrogen-bond acceptors (Lipinski definition) is 2. The zero-order valence-corrected chi connectivity index (χ0v) is 8.77. The first kappa shape index (κ1) is 9.65. The van der Waals surface area contributed by atoms with Gasteiger partial charge in [-0.05, 0) is 12.5 Å². The Morgan fingerprint density at radius 3 is 2.33 bits per heavy atom. The molecular formula is C12H12N2O. The molecule has 0 atom stereocenters. The molecule has 0 fully saturated rings. The zero-order chi connectivity index (χ0) is 10.8. The fraction of sp³-hybridized carbons (Fsp3) is 0.167. The number of Topliss-reactive ketones (excluding diaryl/α,β-unsaturated/α-hetero) is 1. The molecule has 1 aromatic carbocycles. The summed E-state index contributed by atoms with van der Waals surface area (Å²) < 4.78 is 1.76. The molecule has 1 heterocycles. The van der Waals surface area contributed by atoms with Gasteiger partial charge in [-0.1, -0.05) is 24.3 Å². The second-order valence-electron chi connectivity index (χ2n) is 3.54. The molecule has 0 aliphatic rings. The van der Waals surface area contributed by atoms with E-state index in [0.29, 0.717) is 0 Å². The smallest absolute Gasteiger partial charge is 0.159 e. The van der Waals surface area contributed by atoms with Gasteiger partial charge in [0.1, 0.15) is 0 Å². The van der Waals surface area contributed by atoms with Crippen LogP contribution in [-0.2, 0) is 7.05 Å². The minimum atomic E-state index is 0.0905. The van der Waals surface area contributed by atoms with E-state index in [1.165, 1.54) is 0 Å². The topological polar surface area (TPSA) is 34.9 Å². The number of aromatic nitrogens is 2. The molecule has 15 heavy (non-hydrogen) atoms. The largest absolute Gasteiger partial charge is 0.295 e. The first-order chi connectivity index (χ1) is 7.16. The summed E-state index contributed by atoms with van der Waals surface area (Å²) in [6.07, 6.45) is 3.76. The Hall–Kier alpha value is -1.90. The average molecular weight is 200 g/mol. The van der Waals surface area contributed by atoms with E-state index in [-0.39, 0.29) is 5.78 Å². The number of rotatable bonds is 2. The van der Waals surface area contributed by atoms with Crippen molar-refractivity contribution in [1.82, 2.24) is 9.78 Å². The molecule has 0 radical (unpaired) electrons. The van der Waals surface area contributed by atoms with Gasteiger partial charge in [-0.2, -0.15) is 5.10 Å². The van der Waals surface area contributed by atoms with Gasteiger partial charge in [0, 0.05) is 24.4 Å². The third-order valence-corrected chi connectivity index (χ3v) is 2.33. The minimum Gasteiger partial charge on any atom is -0.295 e. The molecule has 0 aliphatic heterocycles. The second-order valence-corrected chi connectivity index (χ2v) is 3.54. The standard InChI is InChI=1S/C12H12N2O/c1-9(15)10-3-5-11(6-4-10)12-7-13-14(2)8-12/h3-8H,1-2H3. The molecule has 0 bridgehead atoms. The van der Waals surface area contributed by atoms with Gasteiger partial charge < -0.3 is 0 Å². The van der Waals surface area contributed by atoms with E-state index in [9.17, 15) is 4.79 Å². The first-order valence-electron chi connectivity index (χ1n) is 4.77. The van der Waals surface area contributed by atoms with Crippen LogP contribution in [0, 0.1) is 0 Å². The summed E-state index contributed by atoms with van der Waals surface area (Å²) in [5, 5.41) is 4.10. The van der Waals surface area contributed by atoms with E-state index < -0.39 is 0 Å². The zero-order valence-electron chi connectivity index (χ0n) is 8.77. The Morgan fingerprint density at radius 1 is 1.20 bits per heavy atom. The number of aryl methyl sites for hydroxylation is 1. The van der Waals surface area contributed by atoms with Crippen molar-refractivity contribution in [2.75, 3.05) is 0 Å². The van der Waals surface area contributed by atoms with E-state index in [0.717, 1.165) is 16.7 Å². The first-order valence-corrected chi connectivity index (χ1v) is 4.77. The molecule has 0 N–H and O–H groups in total. The van der Waals surface area contributed by atoms with Crippen LogP contribution in [0.5, 0.6) is 0 Å². The summed E-state index contributed by atoms with van der Waals surface area (Å²) in [6, 6.07) is 7.55. The Kier molecular flexibility index (Phi) is 2.37. The highest BCUT2D eigenvalue weighted by atomic mass is 16.1. The molecule has 0 spiro atoms. The highest BCUT2D eigenvalue weighted by Gasteiger charge is 2.02. The van der Waals surface area contributed by atoms with Crippen molar-refractivity contribution >= 4 is 5.78 Å². The number of ketones is 1. The highest BCUT2D eigenvalue weighted by Crippen LogP contribution is 2.18. The van der Waals surface area contributed by atoms with Crippen molar-refractivity contribution in [2.24, 2.45) is 7.05 Å². The molecule has 3 heteroatoms. The van der Waals surface area contributed by atoms with Gasteiger partial charge in [0.05, 0.1) is 6.20 Å². The van der Waals surface area contributed by atoms with E-state index in [1.54, 1.807) is 11.6 Å². The van der Waals surface area contributed by atoms with Gasteiger partial charge in [-0.15, -0.1) is 0 Å². The number of hydrogen-bond donors (Lipinski definition) is 0. The summed E-state index contributed by atoms with van der Waals surface area (Å²) in [7, 11) is 1.88. The van der Waals surface area contributed by atoms with Crippen molar-refractivity contribution in [3.05, 3.63) is 42.2 Å². The quantitative estimate of drug-likeness (QED) is 0.697. The Balaban J connectivity index is 2.35. The predicted octanol–water partition coefficient (Wildman–Crippen LogP) is 2.29. The van der Waals surface area contributed by atoms with Gasteiger partial charge in [0.15, 0.2) is 5.78 Å². The molecule has 0 saturated heterocycles. The monoisotopic (exact) mass is 200 g/mol. The molecule has 0 aliphatic carbocycles. The van der Waals surface area contributed by atoms with E-state index in [2.05, 4.69) is 5.10 Å². The lowest BCUT2D eigenvalue weighted by Crippen LogP contribution is -1.90. The molecule has 3 nitrogen and oxygen atoms in total. The van der Waals surface area contributed by atoms with Crippen LogP contribution < -0.4 is 0 Å². The van der Waals surface area contributed by atoms with Crippen LogP contribution in [0.2, 0.25) is 0 Å². The van der Waals surface area contributed by atoms with Gasteiger partial charge in [0.2, 0.25) is 0 Å². The van der Waals surface area contributed by atoms with Crippen LogP contribution in [0.3, 0.4) is 0 Å². The van der Waals surface area contributed by atoms with E-state index >= 15 is 0 Å². The van der Waals surface area contributed by atoms with Crippen LogP contribution >= 0.6 is 0 Å². The number of nitrogens with zero attached hydrogens (tertiary/aromatic N) is 2. The van der Waals surface area contributed by atoms with Crippen molar-refractivity contribution in [3.63, 3.8) is 0 Å². The third-order valence-electron chi connectivity index (χ3n) is 2.33. The second kappa shape index (κ2) is 3.69. The minimum absolute atomic E-state index is 0.0905. The fourth-order valence-electron chi connectivity index (χ4n) is 1.47. The molecule has 1 aromatic heterocycles. The Labute approximate surface area is 88.4 Å². The molecule has 76 valence electrons. The molecule has 0 amide bonds. The molecule has 2 rings (SSSR count). The summed E-state index contributed by atoms with van der Waals surface area (Å²) in [5.74, 6) is 0.0905. The number of carbonyl (C=O) groups is 1. The average Bonchev–Trinajstić information content (AvgIpc) is 2.65. The molecule has 0 unspecified atom stereocenters. The van der Waals surface area contributed by atoms with Crippen LogP contribution in [0.4, 0.5) is 0 Å². The summed E-state index contributed by atoms with van der Waals surface area (Å²) in [6.45, 7) is 1.57. The van der Waals surface area contributed by atoms with Gasteiger partial charge >= 0.3 is 0 Å². The Bertz CT molecular complexity index is 483. The number of carbonyl (C=O) groups excluding carboxylic acids is 1. The maximum absolute atomic E-state index is 11.1. The maximum Gasteiger partial charge on any atom is 0.159 e. The lowest BCUT2D eigenvalue weighted by molar-refractivity contribution is 0.101. The Morgan fingerprint density at radius 2 is 1.87 bits per heavy atom. The highest BCUT2D eigenvalue weighted by molar-refractivity contribution is 5.94. The lowest BCUT2D eigenvalue weighted by atomic mass is 10.1. The van der Waals surface area contributed by atoms with Gasteiger partial charge in [-0.3, -0.25) is 9.48 Å². The molecular weight excluding hydrogens is 188 g/mol. The molecule has 0 saturated carbocycles. The third kappa shape index (κ3) is 1.96. The van der Waals surface area contributed by atoms with Crippen molar-refractivity contribution in [1.29, 1.82) is 0 Å². The molecule has 2 aromatic rings. The van der Waals surface area contributed by atoms with Gasteiger partial charge in [-0.25, -0.2) is 0 Å². The van der Waals surface area contributed by atoms with Crippen molar-refractivity contribution < 1.29 is 4.79 Å². The van der Waals surface area contributed by atoms with Crippen LogP contribution in [0.1, 0.15) is 17.3 Å². The van der Waals surface area contributed by atoms with Crippen molar-refractivity contribution in [3.8, 4) is 11.1 Å². The van der Waals surface area contributed by atoms with Crippen LogP contribution in [-0.4, -0.2) is 15.6 Å². The van der Waals surface area contributed by atoms with Crippen LogP contribution in [0.25, 0.3) is 11.1 Å². The summed E-state index contributed by atoms with van der Waals surface area (Å²) in [4.78, 5) is 11.1. The van der Waals surface area contributed by atoms with E-state index in [1.807, 2.05) is 43.7 Å². The van der Waals surface area contributed by atoms with Gasteiger partial charge in [0.25, 0.3) is 0 Å². The SMILES string of the molecule is CC(=O)c1ccc(-c2cnn(C)c2)cc1. The summed E-state index contributed by atoms with van der Waals surface area (Å²) in [5.41, 5.74) is 2.88. The normalized spacial score (nSPS) is 10.3. The van der Waals surface area contributed by atoms with E-state index in [4.69, 9.17) is 0 Å².